The van der Waals surface area contributed by atoms with Gasteiger partial charge in [-0.05, 0) is 18.6 Å². The van der Waals surface area contributed by atoms with Crippen LogP contribution in [0.15, 0.2) is 29.4 Å². The Balaban J connectivity index is 2.36. The first kappa shape index (κ1) is 10.7. The molecule has 0 N–H and O–H groups in total. The summed E-state index contributed by atoms with van der Waals surface area (Å²) in [5.41, 5.74) is 1.02. The molecule has 2 rings (SSSR count). The highest BCUT2D eigenvalue weighted by Gasteiger charge is 2.30. The second kappa shape index (κ2) is 4.00. The van der Waals surface area contributed by atoms with Crippen LogP contribution in [0.3, 0.4) is 0 Å². The van der Waals surface area contributed by atoms with Crippen LogP contribution in [0, 0.1) is 6.92 Å². The van der Waals surface area contributed by atoms with E-state index in [1.807, 2.05) is 6.07 Å². The molecule has 0 saturated carbocycles. The van der Waals surface area contributed by atoms with E-state index in [0.717, 1.165) is 10.6 Å². The minimum Gasteiger partial charge on any atom is -0.272 e. The van der Waals surface area contributed by atoms with E-state index >= 15 is 0 Å². The third-order valence-corrected chi connectivity index (χ3v) is 2.39. The Hall–Kier alpha value is -1.78. The number of carbonyl (C=O) groups is 1. The molecule has 0 fully saturated rings. The van der Waals surface area contributed by atoms with Crippen molar-refractivity contribution in [2.75, 3.05) is 5.01 Å². The van der Waals surface area contributed by atoms with Gasteiger partial charge in [-0.2, -0.15) is 5.10 Å². The maximum atomic E-state index is 12.4. The first-order valence-electron chi connectivity index (χ1n) is 4.83. The van der Waals surface area contributed by atoms with E-state index in [4.69, 9.17) is 0 Å². The van der Waals surface area contributed by atoms with Crippen LogP contribution in [0.5, 0.6) is 0 Å². The van der Waals surface area contributed by atoms with E-state index in [0.29, 0.717) is 5.69 Å². The number of anilines is 1. The van der Waals surface area contributed by atoms with Crippen molar-refractivity contribution in [1.29, 1.82) is 0 Å². The zero-order chi connectivity index (χ0) is 11.7. The molecule has 1 aliphatic heterocycles. The summed E-state index contributed by atoms with van der Waals surface area (Å²) < 4.78 is 24.8. The van der Waals surface area contributed by atoms with Crippen molar-refractivity contribution in [3.8, 4) is 0 Å². The molecule has 0 radical (unpaired) electrons. The summed E-state index contributed by atoms with van der Waals surface area (Å²) in [7, 11) is 0. The van der Waals surface area contributed by atoms with Crippen LogP contribution in [-0.4, -0.2) is 18.0 Å². The first-order chi connectivity index (χ1) is 7.59. The number of amides is 1. The zero-order valence-electron chi connectivity index (χ0n) is 8.65. The minimum atomic E-state index is -2.67. The molecular weight excluding hydrogens is 214 g/mol. The summed E-state index contributed by atoms with van der Waals surface area (Å²) >= 11 is 0. The quantitative estimate of drug-likeness (QED) is 0.759. The molecule has 1 aromatic rings. The molecule has 5 heteroatoms. The van der Waals surface area contributed by atoms with Gasteiger partial charge in [-0.25, -0.2) is 13.8 Å². The molecule has 1 amide bonds. The van der Waals surface area contributed by atoms with E-state index in [1.165, 1.54) is 0 Å². The SMILES string of the molecule is Cc1ccccc1N1N=C(C(F)F)CC1=O. The Bertz CT molecular complexity index is 457. The highest BCUT2D eigenvalue weighted by atomic mass is 19.3. The molecule has 0 unspecified atom stereocenters. The summed E-state index contributed by atoms with van der Waals surface area (Å²) in [4.78, 5) is 11.5. The molecule has 1 heterocycles. The van der Waals surface area contributed by atoms with Crippen molar-refractivity contribution in [3.63, 3.8) is 0 Å². The maximum absolute atomic E-state index is 12.4. The number of alkyl halides is 2. The lowest BCUT2D eigenvalue weighted by molar-refractivity contribution is -0.117. The van der Waals surface area contributed by atoms with Crippen LogP contribution < -0.4 is 5.01 Å². The van der Waals surface area contributed by atoms with E-state index in [1.54, 1.807) is 25.1 Å². The predicted octanol–water partition coefficient (Wildman–Crippen LogP) is 2.35. The molecule has 1 aromatic carbocycles. The number of para-hydroxylation sites is 1. The van der Waals surface area contributed by atoms with Crippen molar-refractivity contribution in [2.45, 2.75) is 19.8 Å². The normalized spacial score (nSPS) is 15.9. The Morgan fingerprint density at radius 3 is 2.62 bits per heavy atom. The Kier molecular flexibility index (Phi) is 2.68. The zero-order valence-corrected chi connectivity index (χ0v) is 8.65. The van der Waals surface area contributed by atoms with Crippen molar-refractivity contribution in [3.05, 3.63) is 29.8 Å². The van der Waals surface area contributed by atoms with Gasteiger partial charge in [0.05, 0.1) is 12.1 Å². The molecule has 1 aliphatic rings. The number of hydrogen-bond acceptors (Lipinski definition) is 2. The summed E-state index contributed by atoms with van der Waals surface area (Å²) in [5, 5.41) is 4.70. The second-order valence-corrected chi connectivity index (χ2v) is 3.56. The van der Waals surface area contributed by atoms with Crippen molar-refractivity contribution in [2.24, 2.45) is 5.10 Å². The van der Waals surface area contributed by atoms with Gasteiger partial charge in [0.1, 0.15) is 5.71 Å². The van der Waals surface area contributed by atoms with E-state index in [-0.39, 0.29) is 12.1 Å². The van der Waals surface area contributed by atoms with Crippen molar-refractivity contribution < 1.29 is 13.6 Å². The molecule has 16 heavy (non-hydrogen) atoms. The smallest absolute Gasteiger partial charge is 0.272 e. The van der Waals surface area contributed by atoms with Gasteiger partial charge in [0.2, 0.25) is 0 Å². The van der Waals surface area contributed by atoms with Gasteiger partial charge >= 0.3 is 0 Å². The highest BCUT2D eigenvalue weighted by Crippen LogP contribution is 2.25. The number of halogens is 2. The first-order valence-corrected chi connectivity index (χ1v) is 4.83. The van der Waals surface area contributed by atoms with Crippen LogP contribution in [0.1, 0.15) is 12.0 Å². The summed E-state index contributed by atoms with van der Waals surface area (Å²) in [6.07, 6.45) is -2.97. The second-order valence-electron chi connectivity index (χ2n) is 3.56. The third-order valence-electron chi connectivity index (χ3n) is 2.39. The molecule has 0 aliphatic carbocycles. The number of rotatable bonds is 2. The molecule has 0 saturated heterocycles. The van der Waals surface area contributed by atoms with Gasteiger partial charge in [-0.1, -0.05) is 18.2 Å². The van der Waals surface area contributed by atoms with Gasteiger partial charge in [0.25, 0.3) is 12.3 Å². The van der Waals surface area contributed by atoms with Crippen LogP contribution in [0.4, 0.5) is 14.5 Å². The molecule has 0 aromatic heterocycles. The molecule has 0 bridgehead atoms. The van der Waals surface area contributed by atoms with Gasteiger partial charge in [-0.3, -0.25) is 4.79 Å². The summed E-state index contributed by atoms with van der Waals surface area (Å²) in [6, 6.07) is 7.05. The van der Waals surface area contributed by atoms with E-state index < -0.39 is 12.3 Å². The van der Waals surface area contributed by atoms with Crippen LogP contribution >= 0.6 is 0 Å². The van der Waals surface area contributed by atoms with Crippen molar-refractivity contribution in [1.82, 2.24) is 0 Å². The molecule has 84 valence electrons. The largest absolute Gasteiger partial charge is 0.278 e. The topological polar surface area (TPSA) is 32.7 Å². The third kappa shape index (κ3) is 1.80. The van der Waals surface area contributed by atoms with Crippen molar-refractivity contribution >= 4 is 17.3 Å². The molecule has 0 atom stereocenters. The monoisotopic (exact) mass is 224 g/mol. The molecule has 0 spiro atoms. The van der Waals surface area contributed by atoms with Gasteiger partial charge < -0.3 is 0 Å². The average Bonchev–Trinajstić information content (AvgIpc) is 2.61. The number of nitrogens with zero attached hydrogens (tertiary/aromatic N) is 2. The van der Waals surface area contributed by atoms with Crippen LogP contribution in [0.2, 0.25) is 0 Å². The van der Waals surface area contributed by atoms with Gasteiger partial charge in [-0.15, -0.1) is 0 Å². The van der Waals surface area contributed by atoms with E-state index in [9.17, 15) is 13.6 Å². The fourth-order valence-corrected chi connectivity index (χ4v) is 1.56. The Labute approximate surface area is 91.4 Å². The summed E-state index contributed by atoms with van der Waals surface area (Å²) in [5.74, 6) is -0.412. The maximum Gasteiger partial charge on any atom is 0.278 e. The minimum absolute atomic E-state index is 0.300. The lowest BCUT2D eigenvalue weighted by Crippen LogP contribution is -2.20. The lowest BCUT2D eigenvalue weighted by atomic mass is 10.2. The molecule has 3 nitrogen and oxygen atoms in total. The number of hydrazone groups is 1. The highest BCUT2D eigenvalue weighted by molar-refractivity contribution is 6.14. The Morgan fingerprint density at radius 2 is 2.06 bits per heavy atom. The van der Waals surface area contributed by atoms with Crippen LogP contribution in [0.25, 0.3) is 0 Å². The lowest BCUT2D eigenvalue weighted by Gasteiger charge is -2.13. The fraction of sp³-hybridized carbons (Fsp3) is 0.273. The van der Waals surface area contributed by atoms with Crippen LogP contribution in [-0.2, 0) is 4.79 Å². The number of aryl methyl sites for hydroxylation is 1. The number of benzene rings is 1. The average molecular weight is 224 g/mol. The standard InChI is InChI=1S/C11H10F2N2O/c1-7-4-2-3-5-9(7)15-10(16)6-8(14-15)11(12)13/h2-5,11H,6H2,1H3. The fourth-order valence-electron chi connectivity index (χ4n) is 1.56. The number of hydrogen-bond donors (Lipinski definition) is 0. The Morgan fingerprint density at radius 1 is 1.38 bits per heavy atom. The molecular formula is C11H10F2N2O. The van der Waals surface area contributed by atoms with Gasteiger partial charge in [0, 0.05) is 0 Å². The summed E-state index contributed by atoms with van der Waals surface area (Å²) in [6.45, 7) is 1.80. The van der Waals surface area contributed by atoms with E-state index in [2.05, 4.69) is 5.10 Å². The predicted molar refractivity (Wildman–Crippen MR) is 56.7 cm³/mol. The van der Waals surface area contributed by atoms with Gasteiger partial charge in [0.15, 0.2) is 0 Å². The number of carbonyl (C=O) groups excluding carboxylic acids is 1.